The quantitative estimate of drug-likeness (QED) is 0.192. The van der Waals surface area contributed by atoms with Crippen LogP contribution in [0.25, 0.3) is 0 Å². The van der Waals surface area contributed by atoms with E-state index in [0.717, 1.165) is 12.8 Å². The monoisotopic (exact) mass is 425 g/mol. The SMILES string of the molecule is CCCCCCCCc1ccc(O)c(C=NCCN=Cc2cc([N+](=O)[O-])ccc2O)c1. The first-order chi connectivity index (χ1) is 15.0. The molecule has 2 aromatic rings. The van der Waals surface area contributed by atoms with E-state index in [9.17, 15) is 20.3 Å². The summed E-state index contributed by atoms with van der Waals surface area (Å²) in [6.07, 6.45) is 11.5. The van der Waals surface area contributed by atoms with Crippen LogP contribution in [0.1, 0.15) is 62.1 Å². The van der Waals surface area contributed by atoms with Crippen molar-refractivity contribution >= 4 is 18.1 Å². The molecule has 7 nitrogen and oxygen atoms in total. The lowest BCUT2D eigenvalue weighted by Crippen LogP contribution is -1.94. The van der Waals surface area contributed by atoms with Crippen LogP contribution in [-0.2, 0) is 6.42 Å². The second-order valence-corrected chi connectivity index (χ2v) is 7.48. The Hall–Kier alpha value is -3.22. The normalized spacial score (nSPS) is 11.5. The van der Waals surface area contributed by atoms with Gasteiger partial charge in [-0.3, -0.25) is 20.1 Å². The van der Waals surface area contributed by atoms with Gasteiger partial charge in [-0.25, -0.2) is 0 Å². The molecule has 0 radical (unpaired) electrons. The molecule has 0 spiro atoms. The molecule has 0 aliphatic rings. The molecule has 0 aliphatic carbocycles. The molecule has 0 amide bonds. The Morgan fingerprint density at radius 1 is 0.871 bits per heavy atom. The van der Waals surface area contributed by atoms with Gasteiger partial charge in [0.1, 0.15) is 11.5 Å². The number of non-ortho nitro benzene ring substituents is 1. The summed E-state index contributed by atoms with van der Waals surface area (Å²) < 4.78 is 0. The van der Waals surface area contributed by atoms with Crippen LogP contribution >= 0.6 is 0 Å². The number of rotatable bonds is 13. The number of hydrogen-bond acceptors (Lipinski definition) is 6. The first-order valence-corrected chi connectivity index (χ1v) is 10.8. The Kier molecular flexibility index (Phi) is 10.2. The van der Waals surface area contributed by atoms with Gasteiger partial charge in [0.25, 0.3) is 5.69 Å². The van der Waals surface area contributed by atoms with Crippen LogP contribution < -0.4 is 0 Å². The molecule has 0 atom stereocenters. The van der Waals surface area contributed by atoms with E-state index in [0.29, 0.717) is 24.2 Å². The second-order valence-electron chi connectivity index (χ2n) is 7.48. The summed E-state index contributed by atoms with van der Waals surface area (Å²) in [5, 5.41) is 30.6. The average Bonchev–Trinajstić information content (AvgIpc) is 2.75. The summed E-state index contributed by atoms with van der Waals surface area (Å²) in [6, 6.07) is 9.42. The highest BCUT2D eigenvalue weighted by molar-refractivity contribution is 5.85. The Labute approximate surface area is 183 Å². The minimum atomic E-state index is -0.520. The number of phenolic OH excluding ortho intramolecular Hbond substituents is 2. The summed E-state index contributed by atoms with van der Waals surface area (Å²) in [4.78, 5) is 18.8. The molecule has 2 N–H and O–H groups in total. The molecule has 0 saturated heterocycles. The first kappa shape index (κ1) is 24.1. The highest BCUT2D eigenvalue weighted by Gasteiger charge is 2.08. The number of aromatic hydroxyl groups is 2. The Bertz CT molecular complexity index is 910. The number of nitro groups is 1. The van der Waals surface area contributed by atoms with Crippen LogP contribution in [0, 0.1) is 10.1 Å². The van der Waals surface area contributed by atoms with Crippen molar-refractivity contribution in [3.05, 3.63) is 63.2 Å². The van der Waals surface area contributed by atoms with E-state index in [1.165, 1.54) is 62.1 Å². The minimum Gasteiger partial charge on any atom is -0.507 e. The third kappa shape index (κ3) is 8.58. The van der Waals surface area contributed by atoms with Gasteiger partial charge in [-0.2, -0.15) is 0 Å². The van der Waals surface area contributed by atoms with Crippen molar-refractivity contribution < 1.29 is 15.1 Å². The van der Waals surface area contributed by atoms with Crippen molar-refractivity contribution in [1.29, 1.82) is 0 Å². The van der Waals surface area contributed by atoms with Gasteiger partial charge in [-0.1, -0.05) is 45.1 Å². The topological polar surface area (TPSA) is 108 Å². The smallest absolute Gasteiger partial charge is 0.270 e. The van der Waals surface area contributed by atoms with Crippen LogP contribution in [0.2, 0.25) is 0 Å². The fourth-order valence-corrected chi connectivity index (χ4v) is 3.17. The van der Waals surface area contributed by atoms with E-state index in [1.807, 2.05) is 12.1 Å². The molecule has 2 rings (SSSR count). The van der Waals surface area contributed by atoms with Crippen molar-refractivity contribution in [3.8, 4) is 11.5 Å². The molecular weight excluding hydrogens is 394 g/mol. The predicted molar refractivity (Wildman–Crippen MR) is 125 cm³/mol. The van der Waals surface area contributed by atoms with Gasteiger partial charge in [0.15, 0.2) is 0 Å². The Morgan fingerprint density at radius 2 is 1.45 bits per heavy atom. The zero-order valence-corrected chi connectivity index (χ0v) is 18.0. The molecule has 0 bridgehead atoms. The van der Waals surface area contributed by atoms with Gasteiger partial charge in [0.05, 0.1) is 18.0 Å². The highest BCUT2D eigenvalue weighted by Crippen LogP contribution is 2.21. The van der Waals surface area contributed by atoms with Gasteiger partial charge in [-0.15, -0.1) is 0 Å². The lowest BCUT2D eigenvalue weighted by atomic mass is 10.0. The molecule has 0 unspecified atom stereocenters. The number of nitro benzene ring substituents is 1. The fourth-order valence-electron chi connectivity index (χ4n) is 3.17. The molecule has 0 saturated carbocycles. The third-order valence-electron chi connectivity index (χ3n) is 4.95. The summed E-state index contributed by atoms with van der Waals surface area (Å²) >= 11 is 0. The van der Waals surface area contributed by atoms with E-state index >= 15 is 0 Å². The molecule has 7 heteroatoms. The summed E-state index contributed by atoms with van der Waals surface area (Å²) in [5.74, 6) is 0.130. The van der Waals surface area contributed by atoms with Crippen LogP contribution in [0.3, 0.4) is 0 Å². The number of phenols is 2. The summed E-state index contributed by atoms with van der Waals surface area (Å²) in [7, 11) is 0. The maximum atomic E-state index is 10.8. The average molecular weight is 426 g/mol. The van der Waals surface area contributed by atoms with Crippen molar-refractivity contribution in [3.63, 3.8) is 0 Å². The van der Waals surface area contributed by atoms with Crippen molar-refractivity contribution in [2.45, 2.75) is 51.9 Å². The van der Waals surface area contributed by atoms with Crippen LogP contribution in [0.5, 0.6) is 11.5 Å². The fraction of sp³-hybridized carbons (Fsp3) is 0.417. The third-order valence-corrected chi connectivity index (χ3v) is 4.95. The number of aryl methyl sites for hydroxylation is 1. The first-order valence-electron chi connectivity index (χ1n) is 10.8. The molecule has 0 aromatic heterocycles. The molecule has 166 valence electrons. The van der Waals surface area contributed by atoms with Crippen molar-refractivity contribution in [1.82, 2.24) is 0 Å². The van der Waals surface area contributed by atoms with E-state index in [2.05, 4.69) is 16.9 Å². The van der Waals surface area contributed by atoms with Crippen LogP contribution in [-0.4, -0.2) is 40.7 Å². The van der Waals surface area contributed by atoms with Crippen molar-refractivity contribution in [2.75, 3.05) is 13.1 Å². The lowest BCUT2D eigenvalue weighted by molar-refractivity contribution is -0.384. The van der Waals surface area contributed by atoms with E-state index in [4.69, 9.17) is 0 Å². The molecule has 0 fully saturated rings. The standard InChI is InChI=1S/C24H31N3O4/c1-2-3-4-5-6-7-8-19-9-11-23(28)20(15-19)17-25-13-14-26-18-21-16-22(27(30)31)10-12-24(21)29/h9-12,15-18,28-29H,2-8,13-14H2,1H3. The molecule has 31 heavy (non-hydrogen) atoms. The second kappa shape index (κ2) is 13.2. The number of benzene rings is 2. The number of nitrogens with zero attached hydrogens (tertiary/aromatic N) is 3. The highest BCUT2D eigenvalue weighted by atomic mass is 16.6. The van der Waals surface area contributed by atoms with E-state index < -0.39 is 4.92 Å². The van der Waals surface area contributed by atoms with Gasteiger partial charge in [0.2, 0.25) is 0 Å². The predicted octanol–water partition coefficient (Wildman–Crippen LogP) is 5.45. The zero-order valence-electron chi connectivity index (χ0n) is 18.0. The van der Waals surface area contributed by atoms with Gasteiger partial charge >= 0.3 is 0 Å². The van der Waals surface area contributed by atoms with Gasteiger partial charge < -0.3 is 10.2 Å². The summed E-state index contributed by atoms with van der Waals surface area (Å²) in [5.41, 5.74) is 2.06. The number of unbranched alkanes of at least 4 members (excludes halogenated alkanes) is 5. The zero-order chi connectivity index (χ0) is 22.5. The minimum absolute atomic E-state index is 0.0649. The van der Waals surface area contributed by atoms with Crippen molar-refractivity contribution in [2.24, 2.45) is 9.98 Å². The van der Waals surface area contributed by atoms with Gasteiger partial charge in [0, 0.05) is 35.7 Å². The summed E-state index contributed by atoms with van der Waals surface area (Å²) in [6.45, 7) is 2.97. The maximum Gasteiger partial charge on any atom is 0.270 e. The lowest BCUT2D eigenvalue weighted by Gasteiger charge is -2.05. The maximum absolute atomic E-state index is 10.8. The largest absolute Gasteiger partial charge is 0.507 e. The molecule has 2 aromatic carbocycles. The Balaban J connectivity index is 1.82. The number of hydrogen-bond donors (Lipinski definition) is 2. The van der Waals surface area contributed by atoms with Gasteiger partial charge in [-0.05, 0) is 36.6 Å². The number of aliphatic imine (C=N–C) groups is 2. The van der Waals surface area contributed by atoms with Crippen LogP contribution in [0.15, 0.2) is 46.4 Å². The Morgan fingerprint density at radius 3 is 2.10 bits per heavy atom. The van der Waals surface area contributed by atoms with E-state index in [1.54, 1.807) is 12.3 Å². The molecule has 0 aliphatic heterocycles. The molecule has 0 heterocycles. The van der Waals surface area contributed by atoms with Crippen LogP contribution in [0.4, 0.5) is 5.69 Å². The van der Waals surface area contributed by atoms with E-state index in [-0.39, 0.29) is 17.2 Å². The molecular formula is C24H31N3O4.